The number of aryl methyl sites for hydroxylation is 1. The highest BCUT2D eigenvalue weighted by molar-refractivity contribution is 7.10. The van der Waals surface area contributed by atoms with Crippen LogP contribution < -0.4 is 5.32 Å². The number of aromatic nitrogens is 1. The standard InChI is InChI=1S/C13H18N4OS/c1-9-12(5-14)13(19-16-9)15-6-11-7-17-4-2-3-10(17)8-18-11/h10-11,15H,2-4,6-8H2,1H3. The first-order chi connectivity index (χ1) is 9.28. The van der Waals surface area contributed by atoms with Gasteiger partial charge < -0.3 is 10.1 Å². The monoisotopic (exact) mass is 278 g/mol. The lowest BCUT2D eigenvalue weighted by atomic mass is 10.2. The lowest BCUT2D eigenvalue weighted by molar-refractivity contribution is -0.0415. The minimum absolute atomic E-state index is 0.211. The molecule has 5 nitrogen and oxygen atoms in total. The summed E-state index contributed by atoms with van der Waals surface area (Å²) in [6.07, 6.45) is 2.77. The van der Waals surface area contributed by atoms with E-state index in [0.29, 0.717) is 11.6 Å². The maximum absolute atomic E-state index is 9.09. The van der Waals surface area contributed by atoms with E-state index in [-0.39, 0.29) is 6.10 Å². The van der Waals surface area contributed by atoms with Gasteiger partial charge in [-0.2, -0.15) is 9.64 Å². The van der Waals surface area contributed by atoms with E-state index in [1.807, 2.05) is 6.92 Å². The largest absolute Gasteiger partial charge is 0.373 e. The molecule has 2 aliphatic rings. The molecule has 1 N–H and O–H groups in total. The predicted octanol–water partition coefficient (Wildman–Crippen LogP) is 1.60. The van der Waals surface area contributed by atoms with E-state index in [1.54, 1.807) is 0 Å². The average molecular weight is 278 g/mol. The van der Waals surface area contributed by atoms with Gasteiger partial charge in [0.25, 0.3) is 0 Å². The van der Waals surface area contributed by atoms with E-state index in [2.05, 4.69) is 20.7 Å². The summed E-state index contributed by atoms with van der Waals surface area (Å²) in [6.45, 7) is 5.66. The smallest absolute Gasteiger partial charge is 0.127 e. The minimum atomic E-state index is 0.211. The number of ether oxygens (including phenoxy) is 1. The van der Waals surface area contributed by atoms with Crippen molar-refractivity contribution in [3.8, 4) is 6.07 Å². The summed E-state index contributed by atoms with van der Waals surface area (Å²) in [6, 6.07) is 2.84. The Morgan fingerprint density at radius 1 is 1.63 bits per heavy atom. The van der Waals surface area contributed by atoms with Gasteiger partial charge in [-0.1, -0.05) is 0 Å². The van der Waals surface area contributed by atoms with Crippen molar-refractivity contribution in [3.05, 3.63) is 11.3 Å². The maximum atomic E-state index is 9.09. The van der Waals surface area contributed by atoms with Gasteiger partial charge >= 0.3 is 0 Å². The molecule has 2 fully saturated rings. The summed E-state index contributed by atoms with van der Waals surface area (Å²) >= 11 is 1.36. The fraction of sp³-hybridized carbons (Fsp3) is 0.692. The van der Waals surface area contributed by atoms with E-state index in [4.69, 9.17) is 10.00 Å². The molecule has 2 atom stereocenters. The molecule has 0 saturated carbocycles. The number of anilines is 1. The summed E-state index contributed by atoms with van der Waals surface area (Å²) in [5.74, 6) is 0. The fourth-order valence-corrected chi connectivity index (χ4v) is 3.59. The fourth-order valence-electron chi connectivity index (χ4n) is 2.84. The molecule has 2 unspecified atom stereocenters. The van der Waals surface area contributed by atoms with E-state index < -0.39 is 0 Å². The number of hydrogen-bond donors (Lipinski definition) is 1. The van der Waals surface area contributed by atoms with Crippen LogP contribution in [0.1, 0.15) is 24.1 Å². The number of fused-ring (bicyclic) bond motifs is 1. The third kappa shape index (κ3) is 2.59. The Labute approximate surface area is 117 Å². The Balaban J connectivity index is 1.56. The zero-order chi connectivity index (χ0) is 13.2. The quantitative estimate of drug-likeness (QED) is 0.910. The van der Waals surface area contributed by atoms with Crippen LogP contribution >= 0.6 is 11.5 Å². The molecule has 0 aliphatic carbocycles. The van der Waals surface area contributed by atoms with Crippen LogP contribution in [0.25, 0.3) is 0 Å². The van der Waals surface area contributed by atoms with Gasteiger partial charge in [-0.3, -0.25) is 4.90 Å². The molecule has 19 heavy (non-hydrogen) atoms. The van der Waals surface area contributed by atoms with E-state index in [1.165, 1.54) is 30.9 Å². The maximum Gasteiger partial charge on any atom is 0.127 e. The topological polar surface area (TPSA) is 61.2 Å². The van der Waals surface area contributed by atoms with Gasteiger partial charge in [-0.15, -0.1) is 0 Å². The van der Waals surface area contributed by atoms with Gasteiger partial charge in [0.15, 0.2) is 0 Å². The molecule has 2 saturated heterocycles. The summed E-state index contributed by atoms with van der Waals surface area (Å²) in [7, 11) is 0. The highest BCUT2D eigenvalue weighted by Gasteiger charge is 2.32. The Bertz CT molecular complexity index is 495. The molecule has 0 aromatic carbocycles. The highest BCUT2D eigenvalue weighted by atomic mass is 32.1. The van der Waals surface area contributed by atoms with Crippen molar-refractivity contribution in [2.75, 3.05) is 31.6 Å². The highest BCUT2D eigenvalue weighted by Crippen LogP contribution is 2.25. The Morgan fingerprint density at radius 3 is 3.37 bits per heavy atom. The normalized spacial score (nSPS) is 26.9. The molecule has 0 bridgehead atoms. The van der Waals surface area contributed by atoms with Crippen molar-refractivity contribution in [2.45, 2.75) is 31.9 Å². The minimum Gasteiger partial charge on any atom is -0.373 e. The second-order valence-corrected chi connectivity index (χ2v) is 5.98. The van der Waals surface area contributed by atoms with Gasteiger partial charge in [-0.05, 0) is 37.8 Å². The van der Waals surface area contributed by atoms with Crippen LogP contribution in [0.3, 0.4) is 0 Å². The summed E-state index contributed by atoms with van der Waals surface area (Å²) < 4.78 is 10.1. The first-order valence-corrected chi connectivity index (χ1v) is 7.51. The SMILES string of the molecule is Cc1nsc(NCC2CN3CCCC3CO2)c1C#N. The Hall–Kier alpha value is -1.16. The summed E-state index contributed by atoms with van der Waals surface area (Å²) in [4.78, 5) is 2.53. The molecule has 0 spiro atoms. The van der Waals surface area contributed by atoms with Gasteiger partial charge in [0.05, 0.1) is 18.4 Å². The number of nitrogens with zero attached hydrogens (tertiary/aromatic N) is 3. The van der Waals surface area contributed by atoms with Crippen molar-refractivity contribution in [1.29, 1.82) is 5.26 Å². The van der Waals surface area contributed by atoms with Gasteiger partial charge in [0.2, 0.25) is 0 Å². The number of nitrogens with one attached hydrogen (secondary N) is 1. The average Bonchev–Trinajstić information content (AvgIpc) is 3.01. The number of rotatable bonds is 3. The van der Waals surface area contributed by atoms with Crippen molar-refractivity contribution < 1.29 is 4.74 Å². The number of hydrogen-bond acceptors (Lipinski definition) is 6. The van der Waals surface area contributed by atoms with Gasteiger partial charge in [0, 0.05) is 19.1 Å². The zero-order valence-corrected chi connectivity index (χ0v) is 11.9. The molecule has 3 heterocycles. The first-order valence-electron chi connectivity index (χ1n) is 6.74. The van der Waals surface area contributed by atoms with Crippen LogP contribution in [0.2, 0.25) is 0 Å². The van der Waals surface area contributed by atoms with Crippen molar-refractivity contribution in [2.24, 2.45) is 0 Å². The lowest BCUT2D eigenvalue weighted by Gasteiger charge is -2.35. The predicted molar refractivity (Wildman–Crippen MR) is 74.4 cm³/mol. The van der Waals surface area contributed by atoms with Crippen LogP contribution in [-0.4, -0.2) is 47.7 Å². The number of nitriles is 1. The van der Waals surface area contributed by atoms with E-state index >= 15 is 0 Å². The molecule has 6 heteroatoms. The van der Waals surface area contributed by atoms with Crippen LogP contribution in [-0.2, 0) is 4.74 Å². The van der Waals surface area contributed by atoms with E-state index in [9.17, 15) is 0 Å². The van der Waals surface area contributed by atoms with Crippen LogP contribution in [0, 0.1) is 18.3 Å². The molecule has 3 rings (SSSR count). The molecule has 1 aromatic heterocycles. The van der Waals surface area contributed by atoms with E-state index in [0.717, 1.165) is 30.4 Å². The van der Waals surface area contributed by atoms with Gasteiger partial charge in [0.1, 0.15) is 16.6 Å². The van der Waals surface area contributed by atoms with Crippen molar-refractivity contribution in [1.82, 2.24) is 9.27 Å². The molecule has 102 valence electrons. The summed E-state index contributed by atoms with van der Waals surface area (Å²) in [5.41, 5.74) is 1.47. The lowest BCUT2D eigenvalue weighted by Crippen LogP contribution is -2.48. The third-order valence-electron chi connectivity index (χ3n) is 3.93. The summed E-state index contributed by atoms with van der Waals surface area (Å²) in [5, 5.41) is 13.3. The van der Waals surface area contributed by atoms with Crippen molar-refractivity contribution in [3.63, 3.8) is 0 Å². The Morgan fingerprint density at radius 2 is 2.53 bits per heavy atom. The van der Waals surface area contributed by atoms with Crippen molar-refractivity contribution >= 4 is 16.5 Å². The van der Waals surface area contributed by atoms with Gasteiger partial charge in [-0.25, -0.2) is 0 Å². The molecule has 0 amide bonds. The zero-order valence-electron chi connectivity index (χ0n) is 11.1. The third-order valence-corrected chi connectivity index (χ3v) is 4.82. The van der Waals surface area contributed by atoms with Crippen LogP contribution in [0.4, 0.5) is 5.00 Å². The molecular weight excluding hydrogens is 260 g/mol. The molecule has 2 aliphatic heterocycles. The first kappa shape index (κ1) is 12.9. The molecular formula is C13H18N4OS. The Kier molecular flexibility index (Phi) is 3.69. The van der Waals surface area contributed by atoms with Crippen LogP contribution in [0.5, 0.6) is 0 Å². The van der Waals surface area contributed by atoms with Crippen LogP contribution in [0.15, 0.2) is 0 Å². The number of morpholine rings is 1. The molecule has 0 radical (unpaired) electrons. The second-order valence-electron chi connectivity index (χ2n) is 5.21. The molecule has 1 aromatic rings. The second kappa shape index (κ2) is 5.45.